The Balaban J connectivity index is 1.63. The van der Waals surface area contributed by atoms with E-state index >= 15 is 0 Å². The molecule has 1 heterocycles. The van der Waals surface area contributed by atoms with Gasteiger partial charge in [0, 0.05) is 6.54 Å². The van der Waals surface area contributed by atoms with Crippen LogP contribution in [0.2, 0.25) is 0 Å². The highest BCUT2D eigenvalue weighted by atomic mass is 16.5. The molecule has 0 bridgehead atoms. The summed E-state index contributed by atoms with van der Waals surface area (Å²) in [6.07, 6.45) is 3.74. The van der Waals surface area contributed by atoms with Crippen LogP contribution in [-0.4, -0.2) is 37.0 Å². The van der Waals surface area contributed by atoms with Gasteiger partial charge in [0.1, 0.15) is 5.75 Å². The number of amides is 1. The number of benzene rings is 2. The van der Waals surface area contributed by atoms with E-state index in [1.807, 2.05) is 30.3 Å². The number of rotatable bonds is 7. The molecule has 1 aliphatic rings. The average Bonchev–Trinajstić information content (AvgIpc) is 2.74. The number of hydrogen-bond donors (Lipinski definition) is 1. The zero-order valence-electron chi connectivity index (χ0n) is 18.0. The van der Waals surface area contributed by atoms with Gasteiger partial charge >= 0.3 is 0 Å². The molecule has 0 aliphatic carbocycles. The molecule has 2 aromatic rings. The van der Waals surface area contributed by atoms with Gasteiger partial charge in [-0.05, 0) is 54.6 Å². The van der Waals surface area contributed by atoms with Gasteiger partial charge in [-0.25, -0.2) is 0 Å². The first kappa shape index (κ1) is 21.4. The van der Waals surface area contributed by atoms with E-state index in [1.165, 1.54) is 30.4 Å². The zero-order valence-corrected chi connectivity index (χ0v) is 18.0. The smallest absolute Gasteiger partial charge is 0.258 e. The lowest BCUT2D eigenvalue weighted by molar-refractivity contribution is -0.123. The van der Waals surface area contributed by atoms with E-state index in [2.05, 4.69) is 55.3 Å². The predicted molar refractivity (Wildman–Crippen MR) is 118 cm³/mol. The third-order valence-electron chi connectivity index (χ3n) is 5.60. The summed E-state index contributed by atoms with van der Waals surface area (Å²) in [5.74, 6) is 0.634. The number of likely N-dealkylation sites (tertiary alicyclic amines) is 1. The maximum atomic E-state index is 12.4. The van der Waals surface area contributed by atoms with Crippen molar-refractivity contribution in [1.29, 1.82) is 0 Å². The molecule has 0 aromatic heterocycles. The summed E-state index contributed by atoms with van der Waals surface area (Å²) in [7, 11) is 0. The fraction of sp³-hybridized carbons (Fsp3) is 0.480. The molecular weight excluding hydrogens is 360 g/mol. The molecule has 156 valence electrons. The second kappa shape index (κ2) is 9.93. The van der Waals surface area contributed by atoms with E-state index in [-0.39, 0.29) is 24.0 Å². The molecule has 1 saturated heterocycles. The second-order valence-electron chi connectivity index (χ2n) is 8.89. The lowest BCUT2D eigenvalue weighted by Gasteiger charge is -2.35. The fourth-order valence-electron chi connectivity index (χ4n) is 3.82. The molecule has 4 heteroatoms. The first-order valence-corrected chi connectivity index (χ1v) is 10.7. The van der Waals surface area contributed by atoms with Crippen LogP contribution < -0.4 is 10.1 Å². The lowest BCUT2D eigenvalue weighted by atomic mass is 9.86. The van der Waals surface area contributed by atoms with Gasteiger partial charge in [-0.1, -0.05) is 69.7 Å². The van der Waals surface area contributed by atoms with Crippen molar-refractivity contribution in [1.82, 2.24) is 10.2 Å². The van der Waals surface area contributed by atoms with E-state index in [1.54, 1.807) is 0 Å². The molecule has 1 N–H and O–H groups in total. The van der Waals surface area contributed by atoms with Crippen molar-refractivity contribution in [2.45, 2.75) is 51.5 Å². The molecule has 29 heavy (non-hydrogen) atoms. The molecule has 0 radical (unpaired) electrons. The Morgan fingerprint density at radius 1 is 1.00 bits per heavy atom. The SMILES string of the molecule is CC(C)(C)c1ccc([C@@H](CNC(=O)COc2ccccc2)N2CCCCC2)cc1. The van der Waals surface area contributed by atoms with Crippen molar-refractivity contribution < 1.29 is 9.53 Å². The van der Waals surface area contributed by atoms with Crippen LogP contribution in [0.5, 0.6) is 5.75 Å². The molecule has 0 spiro atoms. The number of para-hydroxylation sites is 1. The third-order valence-corrected chi connectivity index (χ3v) is 5.60. The second-order valence-corrected chi connectivity index (χ2v) is 8.89. The Labute approximate surface area is 175 Å². The normalized spacial score (nSPS) is 16.2. The lowest BCUT2D eigenvalue weighted by Crippen LogP contribution is -2.41. The van der Waals surface area contributed by atoms with E-state index < -0.39 is 0 Å². The number of nitrogens with zero attached hydrogens (tertiary/aromatic N) is 1. The number of piperidine rings is 1. The van der Waals surface area contributed by atoms with Gasteiger partial charge in [-0.3, -0.25) is 9.69 Å². The van der Waals surface area contributed by atoms with Gasteiger partial charge in [0.15, 0.2) is 6.61 Å². The topological polar surface area (TPSA) is 41.6 Å². The van der Waals surface area contributed by atoms with E-state index in [9.17, 15) is 4.79 Å². The first-order chi connectivity index (χ1) is 13.9. The molecule has 1 amide bonds. The van der Waals surface area contributed by atoms with Gasteiger partial charge < -0.3 is 10.1 Å². The molecule has 1 aliphatic heterocycles. The van der Waals surface area contributed by atoms with Crippen molar-refractivity contribution in [3.63, 3.8) is 0 Å². The molecule has 1 atom stereocenters. The summed E-state index contributed by atoms with van der Waals surface area (Å²) in [4.78, 5) is 14.9. The highest BCUT2D eigenvalue weighted by molar-refractivity contribution is 5.77. The van der Waals surface area contributed by atoms with Gasteiger partial charge in [0.25, 0.3) is 5.91 Å². The first-order valence-electron chi connectivity index (χ1n) is 10.7. The van der Waals surface area contributed by atoms with Crippen LogP contribution in [0.15, 0.2) is 54.6 Å². The van der Waals surface area contributed by atoms with E-state index in [0.717, 1.165) is 13.1 Å². The Morgan fingerprint density at radius 2 is 1.66 bits per heavy atom. The predicted octanol–water partition coefficient (Wildman–Crippen LogP) is 4.71. The highest BCUT2D eigenvalue weighted by Crippen LogP contribution is 2.28. The molecule has 1 fully saturated rings. The summed E-state index contributed by atoms with van der Waals surface area (Å²) in [5.41, 5.74) is 2.74. The van der Waals surface area contributed by atoms with Gasteiger partial charge in [0.05, 0.1) is 6.04 Å². The maximum absolute atomic E-state index is 12.4. The zero-order chi connectivity index (χ0) is 20.7. The van der Waals surface area contributed by atoms with Crippen LogP contribution in [0.3, 0.4) is 0 Å². The minimum absolute atomic E-state index is 0.0414. The largest absolute Gasteiger partial charge is 0.484 e. The summed E-state index contributed by atoms with van der Waals surface area (Å²) in [5, 5.41) is 3.09. The average molecular weight is 395 g/mol. The minimum atomic E-state index is -0.0813. The number of ether oxygens (including phenoxy) is 1. The van der Waals surface area contributed by atoms with Gasteiger partial charge in [-0.2, -0.15) is 0 Å². The summed E-state index contributed by atoms with van der Waals surface area (Å²) < 4.78 is 5.58. The van der Waals surface area contributed by atoms with Crippen molar-refractivity contribution in [2.24, 2.45) is 0 Å². The fourth-order valence-corrected chi connectivity index (χ4v) is 3.82. The summed E-state index contributed by atoms with van der Waals surface area (Å²) >= 11 is 0. The summed E-state index contributed by atoms with van der Waals surface area (Å²) in [6, 6.07) is 18.6. The number of hydrogen-bond acceptors (Lipinski definition) is 3. The van der Waals surface area contributed by atoms with Crippen LogP contribution in [0, 0.1) is 0 Å². The molecule has 2 aromatic carbocycles. The maximum Gasteiger partial charge on any atom is 0.258 e. The number of nitrogens with one attached hydrogen (secondary N) is 1. The molecule has 0 unspecified atom stereocenters. The molecule has 4 nitrogen and oxygen atoms in total. The van der Waals surface area contributed by atoms with Gasteiger partial charge in [0.2, 0.25) is 0 Å². The van der Waals surface area contributed by atoms with Crippen molar-refractivity contribution in [3.05, 3.63) is 65.7 Å². The van der Waals surface area contributed by atoms with Crippen molar-refractivity contribution in [3.8, 4) is 5.75 Å². The minimum Gasteiger partial charge on any atom is -0.484 e. The third kappa shape index (κ3) is 6.33. The Kier molecular flexibility index (Phi) is 7.32. The number of carbonyl (C=O) groups excluding carboxylic acids is 1. The van der Waals surface area contributed by atoms with Crippen LogP contribution in [-0.2, 0) is 10.2 Å². The molecule has 3 rings (SSSR count). The van der Waals surface area contributed by atoms with Crippen LogP contribution in [0.25, 0.3) is 0 Å². The Morgan fingerprint density at radius 3 is 2.28 bits per heavy atom. The van der Waals surface area contributed by atoms with E-state index in [4.69, 9.17) is 4.74 Å². The Bertz CT molecular complexity index is 760. The van der Waals surface area contributed by atoms with Crippen LogP contribution >= 0.6 is 0 Å². The number of carbonyl (C=O) groups is 1. The summed E-state index contributed by atoms with van der Waals surface area (Å²) in [6.45, 7) is 9.51. The molecule has 0 saturated carbocycles. The van der Waals surface area contributed by atoms with Gasteiger partial charge in [-0.15, -0.1) is 0 Å². The van der Waals surface area contributed by atoms with Crippen molar-refractivity contribution in [2.75, 3.05) is 26.2 Å². The quantitative estimate of drug-likeness (QED) is 0.740. The van der Waals surface area contributed by atoms with Crippen LogP contribution in [0.4, 0.5) is 0 Å². The Hall–Kier alpha value is -2.33. The highest BCUT2D eigenvalue weighted by Gasteiger charge is 2.23. The molecular formula is C25H34N2O2. The van der Waals surface area contributed by atoms with E-state index in [0.29, 0.717) is 12.3 Å². The monoisotopic (exact) mass is 394 g/mol. The standard InChI is InChI=1S/C25H34N2O2/c1-25(2,3)21-14-12-20(13-15-21)23(27-16-8-5-9-17-27)18-26-24(28)19-29-22-10-6-4-7-11-22/h4,6-7,10-15,23H,5,8-9,16-19H2,1-3H3,(H,26,28)/t23-/m1/s1. The van der Waals surface area contributed by atoms with Crippen LogP contribution in [0.1, 0.15) is 57.2 Å². The van der Waals surface area contributed by atoms with Crippen molar-refractivity contribution >= 4 is 5.91 Å².